The minimum absolute atomic E-state index is 0.0550. The highest BCUT2D eigenvalue weighted by Gasteiger charge is 2.26. The third kappa shape index (κ3) is 4.17. The molecule has 1 rings (SSSR count). The normalized spacial score (nSPS) is 13.3. The van der Waals surface area contributed by atoms with Crippen LogP contribution in [0.1, 0.15) is 35.4 Å². The van der Waals surface area contributed by atoms with Crippen molar-refractivity contribution in [3.05, 3.63) is 23.3 Å². The smallest absolute Gasteiger partial charge is 0.216 e. The molecule has 21 heavy (non-hydrogen) atoms. The van der Waals surface area contributed by atoms with E-state index in [0.29, 0.717) is 6.29 Å². The fraction of sp³-hybridized carbons (Fsp3) is 0.429. The van der Waals surface area contributed by atoms with Crippen LogP contribution in [0.3, 0.4) is 0 Å². The summed E-state index contributed by atoms with van der Waals surface area (Å²) in [4.78, 5) is 21.8. The van der Waals surface area contributed by atoms with Gasteiger partial charge in [0.15, 0.2) is 17.8 Å². The number of phenolic OH excluding ortho intramolecular Hbond substituents is 1. The van der Waals surface area contributed by atoms with Crippen molar-refractivity contribution >= 4 is 12.2 Å². The Morgan fingerprint density at radius 3 is 2.62 bits per heavy atom. The van der Waals surface area contributed by atoms with Crippen molar-refractivity contribution in [1.82, 2.24) is 5.32 Å². The van der Waals surface area contributed by atoms with Crippen LogP contribution in [-0.2, 0) is 4.79 Å². The first kappa shape index (κ1) is 16.9. The number of carbonyl (C=O) groups excluding carboxylic acids is 2. The lowest BCUT2D eigenvalue weighted by molar-refractivity contribution is -0.119. The molecule has 0 aliphatic rings. The van der Waals surface area contributed by atoms with E-state index >= 15 is 0 Å². The highest BCUT2D eigenvalue weighted by molar-refractivity contribution is 5.80. The van der Waals surface area contributed by atoms with E-state index in [1.165, 1.54) is 26.2 Å². The van der Waals surface area contributed by atoms with E-state index in [1.54, 1.807) is 0 Å². The Labute approximate surface area is 122 Å². The van der Waals surface area contributed by atoms with Crippen molar-refractivity contribution in [2.24, 2.45) is 0 Å². The maximum absolute atomic E-state index is 11.0. The molecule has 0 aromatic heterocycles. The van der Waals surface area contributed by atoms with Crippen LogP contribution in [0.5, 0.6) is 11.5 Å². The molecular weight excluding hydrogens is 278 g/mol. The van der Waals surface area contributed by atoms with Crippen LogP contribution in [0.15, 0.2) is 12.1 Å². The Bertz CT molecular complexity index is 516. The van der Waals surface area contributed by atoms with Gasteiger partial charge in [-0.15, -0.1) is 0 Å². The van der Waals surface area contributed by atoms with Gasteiger partial charge in [0.25, 0.3) is 0 Å². The van der Waals surface area contributed by atoms with Crippen molar-refractivity contribution < 1.29 is 29.6 Å². The lowest BCUT2D eigenvalue weighted by atomic mass is 9.96. The Hall–Kier alpha value is -2.12. The molecule has 0 aliphatic carbocycles. The summed E-state index contributed by atoms with van der Waals surface area (Å²) in [7, 11) is 1.33. The number of carbonyl (C=O) groups is 2. The number of aromatic hydroxyl groups is 1. The molecule has 2 atom stereocenters. The van der Waals surface area contributed by atoms with Crippen LogP contribution < -0.4 is 10.1 Å². The van der Waals surface area contributed by atoms with E-state index < -0.39 is 18.0 Å². The molecule has 1 aromatic carbocycles. The fourth-order valence-corrected chi connectivity index (χ4v) is 1.93. The van der Waals surface area contributed by atoms with Crippen LogP contribution in [0.4, 0.5) is 0 Å². The zero-order valence-electron chi connectivity index (χ0n) is 11.9. The van der Waals surface area contributed by atoms with Crippen molar-refractivity contribution in [3.8, 4) is 11.5 Å². The third-order valence-corrected chi connectivity index (χ3v) is 3.03. The van der Waals surface area contributed by atoms with Crippen LogP contribution in [0.2, 0.25) is 0 Å². The summed E-state index contributed by atoms with van der Waals surface area (Å²) in [5.74, 6) is -0.564. The molecule has 0 fully saturated rings. The minimum atomic E-state index is -1.48. The Morgan fingerprint density at radius 1 is 1.43 bits per heavy atom. The number of amides is 1. The van der Waals surface area contributed by atoms with Gasteiger partial charge < -0.3 is 25.4 Å². The van der Waals surface area contributed by atoms with E-state index in [1.807, 2.05) is 0 Å². The Morgan fingerprint density at radius 2 is 2.10 bits per heavy atom. The van der Waals surface area contributed by atoms with Crippen molar-refractivity contribution in [1.29, 1.82) is 0 Å². The van der Waals surface area contributed by atoms with Gasteiger partial charge in [-0.05, 0) is 18.6 Å². The minimum Gasteiger partial charge on any atom is -0.504 e. The van der Waals surface area contributed by atoms with Crippen molar-refractivity contribution in [3.63, 3.8) is 0 Å². The van der Waals surface area contributed by atoms with Gasteiger partial charge in [0.05, 0.1) is 13.2 Å². The lowest BCUT2D eigenvalue weighted by Crippen LogP contribution is -2.28. The largest absolute Gasteiger partial charge is 0.504 e. The fourth-order valence-electron chi connectivity index (χ4n) is 1.93. The zero-order chi connectivity index (χ0) is 16.0. The maximum atomic E-state index is 11.0. The van der Waals surface area contributed by atoms with Crippen molar-refractivity contribution in [2.75, 3.05) is 13.7 Å². The number of methoxy groups -OCH3 is 1. The second-order valence-corrected chi connectivity index (χ2v) is 4.52. The lowest BCUT2D eigenvalue weighted by Gasteiger charge is -2.21. The molecule has 7 nitrogen and oxygen atoms in total. The van der Waals surface area contributed by atoms with E-state index in [4.69, 9.17) is 4.74 Å². The molecule has 0 heterocycles. The second kappa shape index (κ2) is 7.61. The molecule has 0 aliphatic heterocycles. The number of aliphatic hydroxyl groups excluding tert-OH is 2. The van der Waals surface area contributed by atoms with Gasteiger partial charge in [-0.3, -0.25) is 9.59 Å². The number of benzene rings is 1. The number of hydrogen-bond acceptors (Lipinski definition) is 6. The number of aliphatic hydroxyl groups is 2. The Balaban J connectivity index is 2.96. The topological polar surface area (TPSA) is 116 Å². The molecule has 1 aromatic rings. The average Bonchev–Trinajstić information content (AvgIpc) is 2.45. The maximum Gasteiger partial charge on any atom is 0.216 e. The van der Waals surface area contributed by atoms with E-state index in [9.17, 15) is 24.9 Å². The molecule has 1 amide bonds. The van der Waals surface area contributed by atoms with Crippen LogP contribution in [-0.4, -0.2) is 47.3 Å². The van der Waals surface area contributed by atoms with E-state index in [2.05, 4.69) is 5.32 Å². The third-order valence-electron chi connectivity index (χ3n) is 3.03. The molecule has 116 valence electrons. The standard InChI is InChI=1S/C14H19NO6/c1-8(17)15-6-5-10(18)13(19)12-9(7-16)3-4-11(21-2)14(12)20/h3-4,7,10,13,18-20H,5-6H2,1-2H3,(H,15,17). The summed E-state index contributed by atoms with van der Waals surface area (Å²) in [5, 5.41) is 32.5. The molecule has 2 unspecified atom stereocenters. The van der Waals surface area contributed by atoms with Gasteiger partial charge in [-0.1, -0.05) is 0 Å². The molecule has 4 N–H and O–H groups in total. The first-order chi connectivity index (χ1) is 9.92. The second-order valence-electron chi connectivity index (χ2n) is 4.52. The first-order valence-corrected chi connectivity index (χ1v) is 6.38. The summed E-state index contributed by atoms with van der Waals surface area (Å²) in [6.07, 6.45) is -2.20. The van der Waals surface area contributed by atoms with Crippen LogP contribution >= 0.6 is 0 Å². The number of hydrogen-bond donors (Lipinski definition) is 4. The number of rotatable bonds is 7. The molecule has 0 bridgehead atoms. The summed E-state index contributed by atoms with van der Waals surface area (Å²) in [6, 6.07) is 2.77. The van der Waals surface area contributed by atoms with Gasteiger partial charge in [0.1, 0.15) is 6.10 Å². The SMILES string of the molecule is COc1ccc(C=O)c(C(O)C(O)CCNC(C)=O)c1O. The quantitative estimate of drug-likeness (QED) is 0.532. The summed E-state index contributed by atoms with van der Waals surface area (Å²) in [5.41, 5.74) is -0.0425. The summed E-state index contributed by atoms with van der Waals surface area (Å²) < 4.78 is 4.91. The molecule has 0 spiro atoms. The number of aldehydes is 1. The van der Waals surface area contributed by atoms with Gasteiger partial charge >= 0.3 is 0 Å². The van der Waals surface area contributed by atoms with Crippen molar-refractivity contribution in [2.45, 2.75) is 25.6 Å². The van der Waals surface area contributed by atoms with Gasteiger partial charge in [-0.25, -0.2) is 0 Å². The summed E-state index contributed by atoms with van der Waals surface area (Å²) >= 11 is 0. The number of phenols is 1. The monoisotopic (exact) mass is 297 g/mol. The van der Waals surface area contributed by atoms with Gasteiger partial charge in [-0.2, -0.15) is 0 Å². The molecular formula is C14H19NO6. The molecule has 0 radical (unpaired) electrons. The molecule has 0 saturated carbocycles. The predicted molar refractivity (Wildman–Crippen MR) is 74.3 cm³/mol. The van der Waals surface area contributed by atoms with E-state index in [-0.39, 0.29) is 35.7 Å². The van der Waals surface area contributed by atoms with E-state index in [0.717, 1.165) is 0 Å². The zero-order valence-corrected chi connectivity index (χ0v) is 11.9. The predicted octanol–water partition coefficient (Wildman–Crippen LogP) is 0.134. The molecule has 7 heteroatoms. The number of ether oxygens (including phenoxy) is 1. The number of nitrogens with one attached hydrogen (secondary N) is 1. The highest BCUT2D eigenvalue weighted by Crippen LogP contribution is 2.37. The Kier molecular flexibility index (Phi) is 6.13. The van der Waals surface area contributed by atoms with Crippen LogP contribution in [0.25, 0.3) is 0 Å². The van der Waals surface area contributed by atoms with Crippen LogP contribution in [0, 0.1) is 0 Å². The highest BCUT2D eigenvalue weighted by atomic mass is 16.5. The first-order valence-electron chi connectivity index (χ1n) is 6.38. The van der Waals surface area contributed by atoms with Gasteiger partial charge in [0.2, 0.25) is 5.91 Å². The summed E-state index contributed by atoms with van der Waals surface area (Å²) in [6.45, 7) is 1.50. The van der Waals surface area contributed by atoms with Gasteiger partial charge in [0, 0.05) is 24.6 Å². The molecule has 0 saturated heterocycles. The average molecular weight is 297 g/mol.